The summed E-state index contributed by atoms with van der Waals surface area (Å²) in [7, 11) is 1.84. The fourth-order valence-corrected chi connectivity index (χ4v) is 5.92. The first-order chi connectivity index (χ1) is 18.0. The quantitative estimate of drug-likeness (QED) is 0.296. The van der Waals surface area contributed by atoms with E-state index in [1.165, 1.54) is 17.4 Å². The first-order valence-electron chi connectivity index (χ1n) is 12.6. The van der Waals surface area contributed by atoms with Gasteiger partial charge in [0.1, 0.15) is 23.1 Å². The van der Waals surface area contributed by atoms with Gasteiger partial charge in [-0.05, 0) is 55.4 Å². The van der Waals surface area contributed by atoms with Crippen LogP contribution in [0.5, 0.6) is 11.5 Å². The molecule has 1 aromatic carbocycles. The number of carbonyl (C=O) groups is 2. The number of ether oxygens (including phenoxy) is 1. The molecule has 4 aromatic rings. The van der Waals surface area contributed by atoms with Crippen molar-refractivity contribution in [3.05, 3.63) is 59.8 Å². The van der Waals surface area contributed by atoms with Crippen molar-refractivity contribution in [3.8, 4) is 22.2 Å². The van der Waals surface area contributed by atoms with Crippen LogP contribution in [0.3, 0.4) is 0 Å². The molecular formula is C28H27FN4O3S. The number of amides is 1. The highest BCUT2D eigenvalue weighted by molar-refractivity contribution is 7.22. The molecule has 2 aliphatic rings. The molecule has 3 aromatic heterocycles. The molecule has 190 valence electrons. The molecular weight excluding hydrogens is 491 g/mol. The normalized spacial score (nSPS) is 15.5. The number of hydrogen-bond donors (Lipinski definition) is 0. The number of pyridine rings is 1. The van der Waals surface area contributed by atoms with Gasteiger partial charge in [-0.2, -0.15) is 0 Å². The molecule has 1 saturated heterocycles. The van der Waals surface area contributed by atoms with Gasteiger partial charge >= 0.3 is 0 Å². The highest BCUT2D eigenvalue weighted by Crippen LogP contribution is 2.39. The van der Waals surface area contributed by atoms with Crippen molar-refractivity contribution in [2.24, 2.45) is 13.0 Å². The van der Waals surface area contributed by atoms with Gasteiger partial charge in [-0.25, -0.2) is 9.37 Å². The summed E-state index contributed by atoms with van der Waals surface area (Å²) in [4.78, 5) is 36.7. The molecule has 2 fully saturated rings. The number of carbonyl (C=O) groups excluding carboxylic acids is 2. The zero-order valence-electron chi connectivity index (χ0n) is 20.6. The van der Waals surface area contributed by atoms with Gasteiger partial charge in [0.25, 0.3) is 5.91 Å². The number of thiophene rings is 1. The Labute approximate surface area is 217 Å². The van der Waals surface area contributed by atoms with Gasteiger partial charge in [0.15, 0.2) is 11.6 Å². The molecule has 1 aliphatic carbocycles. The standard InChI is InChI=1S/C28H27FN4O3S/c1-32-22(28(35)33-10-2-3-11-33)16-31-27(32)25-15-21-26(37-25)24(8-9-30-21)36-23-7-6-18(14-20(23)29)13-19(34)12-17-4-5-17/h6-9,14-17H,2-5,10-13H2,1H3. The largest absolute Gasteiger partial charge is 0.453 e. The lowest BCUT2D eigenvalue weighted by Crippen LogP contribution is -2.29. The smallest absolute Gasteiger partial charge is 0.272 e. The summed E-state index contributed by atoms with van der Waals surface area (Å²) in [5.41, 5.74) is 1.91. The van der Waals surface area contributed by atoms with E-state index in [-0.39, 0.29) is 23.9 Å². The lowest BCUT2D eigenvalue weighted by Gasteiger charge is -2.15. The lowest BCUT2D eigenvalue weighted by molar-refractivity contribution is -0.118. The molecule has 4 heterocycles. The maximum atomic E-state index is 14.9. The van der Waals surface area contributed by atoms with Crippen molar-refractivity contribution in [1.29, 1.82) is 0 Å². The highest BCUT2D eigenvalue weighted by Gasteiger charge is 2.25. The third kappa shape index (κ3) is 4.87. The number of imidazole rings is 1. The second-order valence-electron chi connectivity index (χ2n) is 9.89. The van der Waals surface area contributed by atoms with E-state index < -0.39 is 5.82 Å². The van der Waals surface area contributed by atoms with Gasteiger partial charge < -0.3 is 14.2 Å². The van der Waals surface area contributed by atoms with Crippen LogP contribution in [0.15, 0.2) is 42.7 Å². The summed E-state index contributed by atoms with van der Waals surface area (Å²) in [6.45, 7) is 1.56. The average molecular weight is 519 g/mol. The number of aromatic nitrogens is 3. The minimum atomic E-state index is -0.507. The second-order valence-corrected chi connectivity index (χ2v) is 10.9. The summed E-state index contributed by atoms with van der Waals surface area (Å²) in [5.74, 6) is 1.41. The van der Waals surface area contributed by atoms with Gasteiger partial charge in [0, 0.05) is 45.2 Å². The van der Waals surface area contributed by atoms with Crippen molar-refractivity contribution in [1.82, 2.24) is 19.4 Å². The van der Waals surface area contributed by atoms with Gasteiger partial charge in [-0.3, -0.25) is 14.6 Å². The topological polar surface area (TPSA) is 77.3 Å². The van der Waals surface area contributed by atoms with Crippen LogP contribution in [0.2, 0.25) is 0 Å². The predicted octanol–water partition coefficient (Wildman–Crippen LogP) is 5.78. The minimum absolute atomic E-state index is 0.00447. The molecule has 0 atom stereocenters. The lowest BCUT2D eigenvalue weighted by atomic mass is 10.0. The second kappa shape index (κ2) is 9.70. The summed E-state index contributed by atoms with van der Waals surface area (Å²) < 4.78 is 23.4. The van der Waals surface area contributed by atoms with Gasteiger partial charge in [-0.1, -0.05) is 6.07 Å². The fraction of sp³-hybridized carbons (Fsp3) is 0.357. The van der Waals surface area contributed by atoms with E-state index in [4.69, 9.17) is 4.74 Å². The van der Waals surface area contributed by atoms with Crippen molar-refractivity contribution in [3.63, 3.8) is 0 Å². The van der Waals surface area contributed by atoms with E-state index in [2.05, 4.69) is 9.97 Å². The van der Waals surface area contributed by atoms with Crippen LogP contribution < -0.4 is 4.74 Å². The average Bonchev–Trinajstić information content (AvgIpc) is 3.27. The molecule has 1 aliphatic heterocycles. The van der Waals surface area contributed by atoms with Crippen LogP contribution in [0.1, 0.15) is 48.2 Å². The van der Waals surface area contributed by atoms with Crippen LogP contribution in [0, 0.1) is 11.7 Å². The third-order valence-electron chi connectivity index (χ3n) is 7.03. The zero-order chi connectivity index (χ0) is 25.5. The van der Waals surface area contributed by atoms with Crippen molar-refractivity contribution in [2.75, 3.05) is 13.1 Å². The maximum absolute atomic E-state index is 14.9. The molecule has 0 radical (unpaired) electrons. The molecule has 0 N–H and O–H groups in total. The van der Waals surface area contributed by atoms with Crippen molar-refractivity contribution in [2.45, 2.75) is 38.5 Å². The maximum Gasteiger partial charge on any atom is 0.272 e. The Morgan fingerprint density at radius 2 is 1.92 bits per heavy atom. The Morgan fingerprint density at radius 3 is 2.68 bits per heavy atom. The third-order valence-corrected chi connectivity index (χ3v) is 8.16. The fourth-order valence-electron chi connectivity index (χ4n) is 4.82. The Morgan fingerprint density at radius 1 is 1.11 bits per heavy atom. The number of Topliss-reactive ketones (excluding diaryl/α,β-unsaturated/α-hetero) is 1. The Kier molecular flexibility index (Phi) is 6.24. The monoisotopic (exact) mass is 518 g/mol. The SMILES string of the molecule is Cn1c(C(=O)N2CCCC2)cnc1-c1cc2nccc(Oc3ccc(CC(=O)CC4CC4)cc3F)c2s1. The van der Waals surface area contributed by atoms with Gasteiger partial charge in [0.2, 0.25) is 0 Å². The molecule has 37 heavy (non-hydrogen) atoms. The molecule has 0 bridgehead atoms. The number of nitrogens with zero attached hydrogens (tertiary/aromatic N) is 4. The number of hydrogen-bond acceptors (Lipinski definition) is 6. The van der Waals surface area contributed by atoms with Crippen LogP contribution in [0.4, 0.5) is 4.39 Å². The molecule has 6 rings (SSSR count). The molecule has 0 spiro atoms. The number of halogens is 1. The number of benzene rings is 1. The molecule has 1 saturated carbocycles. The number of likely N-dealkylation sites (tertiary alicyclic amines) is 1. The Balaban J connectivity index is 1.23. The van der Waals surface area contributed by atoms with E-state index >= 15 is 0 Å². The number of fused-ring (bicyclic) bond motifs is 1. The van der Waals surface area contributed by atoms with Crippen molar-refractivity contribution < 1.29 is 18.7 Å². The summed E-state index contributed by atoms with van der Waals surface area (Å²) in [6, 6.07) is 8.31. The molecule has 7 nitrogen and oxygen atoms in total. The first kappa shape index (κ1) is 23.8. The highest BCUT2D eigenvalue weighted by atomic mass is 32.1. The minimum Gasteiger partial charge on any atom is -0.453 e. The molecule has 0 unspecified atom stereocenters. The number of rotatable bonds is 8. The van der Waals surface area contributed by atoms with E-state index in [0.29, 0.717) is 40.7 Å². The summed E-state index contributed by atoms with van der Waals surface area (Å²) >= 11 is 1.43. The first-order valence-corrected chi connectivity index (χ1v) is 13.5. The zero-order valence-corrected chi connectivity index (χ0v) is 21.4. The summed E-state index contributed by atoms with van der Waals surface area (Å²) in [5, 5.41) is 0. The summed E-state index contributed by atoms with van der Waals surface area (Å²) in [6.07, 6.45) is 8.37. The van der Waals surface area contributed by atoms with E-state index in [1.807, 2.05) is 22.6 Å². The van der Waals surface area contributed by atoms with Gasteiger partial charge in [0.05, 0.1) is 21.3 Å². The predicted molar refractivity (Wildman–Crippen MR) is 139 cm³/mol. The van der Waals surface area contributed by atoms with Crippen LogP contribution >= 0.6 is 11.3 Å². The Bertz CT molecular complexity index is 1500. The van der Waals surface area contributed by atoms with Crippen LogP contribution in [0.25, 0.3) is 20.9 Å². The van der Waals surface area contributed by atoms with Gasteiger partial charge in [-0.15, -0.1) is 11.3 Å². The molecule has 9 heteroatoms. The van der Waals surface area contributed by atoms with E-state index in [1.54, 1.807) is 30.6 Å². The van der Waals surface area contributed by atoms with Crippen LogP contribution in [-0.2, 0) is 18.3 Å². The molecule has 1 amide bonds. The van der Waals surface area contributed by atoms with Crippen molar-refractivity contribution >= 4 is 33.2 Å². The van der Waals surface area contributed by atoms with Crippen LogP contribution in [-0.4, -0.2) is 44.2 Å². The number of ketones is 1. The van der Waals surface area contributed by atoms with E-state index in [9.17, 15) is 14.0 Å². The van der Waals surface area contributed by atoms with E-state index in [0.717, 1.165) is 48.3 Å². The Hall–Kier alpha value is -3.59.